The Kier molecular flexibility index (Phi) is 5.81. The number of halogens is 1. The van der Waals surface area contributed by atoms with Crippen molar-refractivity contribution in [3.63, 3.8) is 0 Å². The number of carbonyl (C=O) groups is 1. The lowest BCUT2D eigenvalue weighted by Gasteiger charge is -2.18. The molecule has 8 heteroatoms. The minimum Gasteiger partial charge on any atom is -0.280 e. The minimum atomic E-state index is -0.485. The van der Waals surface area contributed by atoms with Gasteiger partial charge in [-0.15, -0.1) is 0 Å². The predicted molar refractivity (Wildman–Crippen MR) is 119 cm³/mol. The third-order valence-electron chi connectivity index (χ3n) is 4.52. The lowest BCUT2D eigenvalue weighted by atomic mass is 10.2. The van der Waals surface area contributed by atoms with Gasteiger partial charge < -0.3 is 0 Å². The molecule has 0 aliphatic carbocycles. The van der Waals surface area contributed by atoms with Gasteiger partial charge in [0.25, 0.3) is 11.6 Å². The second-order valence-corrected chi connectivity index (χ2v) is 7.71. The molecular formula is C23H16FN3O3S. The summed E-state index contributed by atoms with van der Waals surface area (Å²) in [6, 6.07) is 19.8. The summed E-state index contributed by atoms with van der Waals surface area (Å²) in [5.41, 5.74) is 2.00. The van der Waals surface area contributed by atoms with E-state index in [1.54, 1.807) is 18.2 Å². The zero-order chi connectivity index (χ0) is 21.8. The van der Waals surface area contributed by atoms with E-state index in [1.807, 2.05) is 30.3 Å². The number of anilines is 1. The van der Waals surface area contributed by atoms with Gasteiger partial charge in [-0.2, -0.15) is 0 Å². The van der Waals surface area contributed by atoms with Gasteiger partial charge >= 0.3 is 0 Å². The molecule has 0 aliphatic heterocycles. The molecule has 0 radical (unpaired) electrons. The number of rotatable bonds is 6. The normalized spacial score (nSPS) is 11.1. The lowest BCUT2D eigenvalue weighted by Crippen LogP contribution is -2.28. The highest BCUT2D eigenvalue weighted by atomic mass is 32.1. The first kappa shape index (κ1) is 20.4. The molecule has 4 aromatic rings. The minimum absolute atomic E-state index is 0.0519. The van der Waals surface area contributed by atoms with E-state index in [1.165, 1.54) is 52.7 Å². The lowest BCUT2D eigenvalue weighted by molar-refractivity contribution is -0.384. The van der Waals surface area contributed by atoms with Crippen LogP contribution in [0.5, 0.6) is 0 Å². The number of nitro benzene ring substituents is 1. The highest BCUT2D eigenvalue weighted by molar-refractivity contribution is 7.22. The smallest absolute Gasteiger partial charge is 0.270 e. The molecule has 0 N–H and O–H groups in total. The number of thiazole rings is 1. The van der Waals surface area contributed by atoms with Gasteiger partial charge in [0.15, 0.2) is 5.13 Å². The maximum Gasteiger partial charge on any atom is 0.270 e. The Bertz CT molecular complexity index is 1290. The summed E-state index contributed by atoms with van der Waals surface area (Å²) in [6.07, 6.45) is 2.88. The maximum atomic E-state index is 13.6. The van der Waals surface area contributed by atoms with Crippen LogP contribution in [-0.4, -0.2) is 15.8 Å². The molecule has 31 heavy (non-hydrogen) atoms. The molecule has 3 aromatic carbocycles. The summed E-state index contributed by atoms with van der Waals surface area (Å²) in [5.74, 6) is -0.705. The number of amides is 1. The number of aromatic nitrogens is 1. The first-order valence-corrected chi connectivity index (χ1v) is 10.2. The molecule has 154 valence electrons. The third-order valence-corrected chi connectivity index (χ3v) is 5.56. The van der Waals surface area contributed by atoms with Crippen LogP contribution in [0.15, 0.2) is 78.9 Å². The molecule has 1 aromatic heterocycles. The van der Waals surface area contributed by atoms with Crippen molar-refractivity contribution in [2.75, 3.05) is 4.90 Å². The molecule has 4 rings (SSSR count). The van der Waals surface area contributed by atoms with Crippen LogP contribution < -0.4 is 4.90 Å². The van der Waals surface area contributed by atoms with E-state index in [9.17, 15) is 19.3 Å². The molecule has 6 nitrogen and oxygen atoms in total. The van der Waals surface area contributed by atoms with Gasteiger partial charge in [0.05, 0.1) is 21.7 Å². The van der Waals surface area contributed by atoms with Crippen LogP contribution in [0, 0.1) is 15.9 Å². The van der Waals surface area contributed by atoms with Gasteiger partial charge in [-0.3, -0.25) is 19.8 Å². The summed E-state index contributed by atoms with van der Waals surface area (Å²) < 4.78 is 14.2. The van der Waals surface area contributed by atoms with Crippen molar-refractivity contribution in [1.82, 2.24) is 4.98 Å². The predicted octanol–water partition coefficient (Wildman–Crippen LogP) is 5.59. The van der Waals surface area contributed by atoms with Crippen LogP contribution in [0.25, 0.3) is 16.3 Å². The maximum absolute atomic E-state index is 13.6. The fourth-order valence-corrected chi connectivity index (χ4v) is 4.00. The number of fused-ring (bicyclic) bond motifs is 1. The van der Waals surface area contributed by atoms with Crippen molar-refractivity contribution in [1.29, 1.82) is 0 Å². The van der Waals surface area contributed by atoms with Gasteiger partial charge in [-0.05, 0) is 35.4 Å². The van der Waals surface area contributed by atoms with Crippen molar-refractivity contribution >= 4 is 44.4 Å². The zero-order valence-electron chi connectivity index (χ0n) is 16.1. The second-order valence-electron chi connectivity index (χ2n) is 6.70. The number of carbonyl (C=O) groups excluding carboxylic acids is 1. The van der Waals surface area contributed by atoms with Crippen LogP contribution in [0.2, 0.25) is 0 Å². The molecule has 0 fully saturated rings. The van der Waals surface area contributed by atoms with E-state index < -0.39 is 4.92 Å². The summed E-state index contributed by atoms with van der Waals surface area (Å²) in [5, 5.41) is 11.4. The van der Waals surface area contributed by atoms with Gasteiger partial charge in [0, 0.05) is 18.2 Å². The Balaban J connectivity index is 1.66. The van der Waals surface area contributed by atoms with Crippen molar-refractivity contribution in [3.05, 3.63) is 106 Å². The number of nitrogens with zero attached hydrogens (tertiary/aromatic N) is 3. The average Bonchev–Trinajstić information content (AvgIpc) is 3.19. The van der Waals surface area contributed by atoms with Crippen LogP contribution in [0.3, 0.4) is 0 Å². The Morgan fingerprint density at radius 1 is 1.10 bits per heavy atom. The number of hydrogen-bond acceptors (Lipinski definition) is 5. The van der Waals surface area contributed by atoms with Crippen LogP contribution in [-0.2, 0) is 11.3 Å². The van der Waals surface area contributed by atoms with E-state index in [2.05, 4.69) is 4.98 Å². The molecule has 0 bridgehead atoms. The average molecular weight is 433 g/mol. The molecule has 0 unspecified atom stereocenters. The monoisotopic (exact) mass is 433 g/mol. The Morgan fingerprint density at radius 3 is 2.68 bits per heavy atom. The molecule has 0 saturated heterocycles. The van der Waals surface area contributed by atoms with Crippen molar-refractivity contribution in [3.8, 4) is 0 Å². The Morgan fingerprint density at radius 2 is 1.90 bits per heavy atom. The molecular weight excluding hydrogens is 417 g/mol. The van der Waals surface area contributed by atoms with E-state index in [0.717, 1.165) is 5.56 Å². The number of non-ortho nitro benzene ring substituents is 1. The fourth-order valence-electron chi connectivity index (χ4n) is 3.01. The zero-order valence-corrected chi connectivity index (χ0v) is 17.0. The van der Waals surface area contributed by atoms with Crippen molar-refractivity contribution in [2.45, 2.75) is 6.54 Å². The Labute approximate surface area is 181 Å². The molecule has 0 aliphatic rings. The van der Waals surface area contributed by atoms with Crippen molar-refractivity contribution in [2.24, 2.45) is 0 Å². The largest absolute Gasteiger partial charge is 0.280 e. The molecule has 0 spiro atoms. The highest BCUT2D eigenvalue weighted by Gasteiger charge is 2.19. The quantitative estimate of drug-likeness (QED) is 0.226. The molecule has 1 amide bonds. The van der Waals surface area contributed by atoms with Gasteiger partial charge in [-0.1, -0.05) is 53.8 Å². The SMILES string of the molecule is O=C(/C=C/c1cccc([N+](=O)[O-])c1)N(Cc1ccccc1)c1nc2ccc(F)cc2s1. The third kappa shape index (κ3) is 4.81. The molecule has 0 saturated carbocycles. The summed E-state index contributed by atoms with van der Waals surface area (Å²) in [4.78, 5) is 29.6. The van der Waals surface area contributed by atoms with Crippen LogP contribution in [0.1, 0.15) is 11.1 Å². The highest BCUT2D eigenvalue weighted by Crippen LogP contribution is 2.30. The topological polar surface area (TPSA) is 76.3 Å². The summed E-state index contributed by atoms with van der Waals surface area (Å²) >= 11 is 1.23. The van der Waals surface area contributed by atoms with Crippen LogP contribution in [0.4, 0.5) is 15.2 Å². The van der Waals surface area contributed by atoms with E-state index >= 15 is 0 Å². The number of nitro groups is 1. The van der Waals surface area contributed by atoms with Gasteiger partial charge in [0.2, 0.25) is 0 Å². The van der Waals surface area contributed by atoms with Crippen LogP contribution >= 0.6 is 11.3 Å². The molecule has 1 heterocycles. The number of hydrogen-bond donors (Lipinski definition) is 0. The first-order chi connectivity index (χ1) is 15.0. The summed E-state index contributed by atoms with van der Waals surface area (Å²) in [7, 11) is 0. The Hall–Kier alpha value is -3.91. The molecule has 0 atom stereocenters. The second kappa shape index (κ2) is 8.85. The van der Waals surface area contributed by atoms with E-state index in [0.29, 0.717) is 20.9 Å². The van der Waals surface area contributed by atoms with E-state index in [4.69, 9.17) is 0 Å². The van der Waals surface area contributed by atoms with Crippen molar-refractivity contribution < 1.29 is 14.1 Å². The standard InChI is InChI=1S/C23H16FN3O3S/c24-18-10-11-20-21(14-18)31-23(25-20)26(15-17-5-2-1-3-6-17)22(28)12-9-16-7-4-8-19(13-16)27(29)30/h1-14H,15H2/b12-9+. The van der Waals surface area contributed by atoms with Gasteiger partial charge in [0.1, 0.15) is 5.82 Å². The fraction of sp³-hybridized carbons (Fsp3) is 0.0435. The first-order valence-electron chi connectivity index (χ1n) is 9.34. The van der Waals surface area contributed by atoms with Gasteiger partial charge in [-0.25, -0.2) is 9.37 Å². The van der Waals surface area contributed by atoms with E-state index in [-0.39, 0.29) is 24.0 Å². The summed E-state index contributed by atoms with van der Waals surface area (Å²) in [6.45, 7) is 0.279. The number of benzene rings is 3.